The van der Waals surface area contributed by atoms with Crippen molar-refractivity contribution in [2.75, 3.05) is 12.3 Å². The average molecular weight is 385 g/mol. The molecule has 2 heterocycles. The number of rotatable bonds is 8. The van der Waals surface area contributed by atoms with Crippen molar-refractivity contribution in [3.05, 3.63) is 58.5 Å². The number of benzene rings is 1. The molecule has 1 amide bonds. The monoisotopic (exact) mass is 384 g/mol. The van der Waals surface area contributed by atoms with Gasteiger partial charge in [0.25, 0.3) is 0 Å². The fraction of sp³-hybridized carbons (Fsp3) is 0.316. The number of aromatic nitrogens is 3. The molecule has 4 rings (SSSR count). The van der Waals surface area contributed by atoms with Gasteiger partial charge in [0, 0.05) is 17.3 Å². The van der Waals surface area contributed by atoms with Gasteiger partial charge < -0.3 is 5.32 Å². The number of hydrogen-bond donors (Lipinski definition) is 1. The van der Waals surface area contributed by atoms with Crippen molar-refractivity contribution in [2.45, 2.75) is 30.3 Å². The molecule has 1 aliphatic carbocycles. The summed E-state index contributed by atoms with van der Waals surface area (Å²) in [7, 11) is 0. The van der Waals surface area contributed by atoms with Crippen LogP contribution in [0.15, 0.2) is 53.0 Å². The quantitative estimate of drug-likeness (QED) is 0.602. The zero-order chi connectivity index (χ0) is 17.8. The van der Waals surface area contributed by atoms with E-state index >= 15 is 0 Å². The number of carbonyl (C=O) groups is 1. The minimum Gasteiger partial charge on any atom is -0.355 e. The third kappa shape index (κ3) is 4.34. The van der Waals surface area contributed by atoms with Crippen molar-refractivity contribution >= 4 is 29.0 Å². The highest BCUT2D eigenvalue weighted by Crippen LogP contribution is 2.40. The van der Waals surface area contributed by atoms with E-state index in [1.165, 1.54) is 29.5 Å². The minimum absolute atomic E-state index is 0.0237. The van der Waals surface area contributed by atoms with Crippen LogP contribution < -0.4 is 5.32 Å². The number of thiophene rings is 1. The fourth-order valence-corrected chi connectivity index (χ4v) is 4.06. The second-order valence-electron chi connectivity index (χ2n) is 6.24. The molecule has 1 N–H and O–H groups in total. The molecule has 0 aliphatic heterocycles. The van der Waals surface area contributed by atoms with E-state index in [1.807, 2.05) is 41.1 Å². The SMILES string of the molecule is O=C(CSc1nc(C2CC2)n(-c2ccccc2)n1)NCCc1cccs1. The number of nitrogens with zero attached hydrogens (tertiary/aromatic N) is 3. The van der Waals surface area contributed by atoms with Gasteiger partial charge in [-0.05, 0) is 42.8 Å². The Morgan fingerprint density at radius 2 is 2.08 bits per heavy atom. The van der Waals surface area contributed by atoms with Gasteiger partial charge in [-0.3, -0.25) is 4.79 Å². The summed E-state index contributed by atoms with van der Waals surface area (Å²) < 4.78 is 1.93. The molecule has 1 aromatic carbocycles. The lowest BCUT2D eigenvalue weighted by Gasteiger charge is -2.03. The summed E-state index contributed by atoms with van der Waals surface area (Å²) in [4.78, 5) is 18.0. The summed E-state index contributed by atoms with van der Waals surface area (Å²) in [5.74, 6) is 1.87. The van der Waals surface area contributed by atoms with Gasteiger partial charge in [-0.1, -0.05) is 36.0 Å². The van der Waals surface area contributed by atoms with Gasteiger partial charge >= 0.3 is 0 Å². The Morgan fingerprint density at radius 1 is 1.23 bits per heavy atom. The summed E-state index contributed by atoms with van der Waals surface area (Å²) in [5.41, 5.74) is 1.02. The van der Waals surface area contributed by atoms with E-state index in [2.05, 4.69) is 26.8 Å². The van der Waals surface area contributed by atoms with E-state index in [4.69, 9.17) is 0 Å². The molecule has 0 radical (unpaired) electrons. The van der Waals surface area contributed by atoms with Crippen molar-refractivity contribution in [3.63, 3.8) is 0 Å². The summed E-state index contributed by atoms with van der Waals surface area (Å²) in [6.45, 7) is 0.666. The topological polar surface area (TPSA) is 59.8 Å². The maximum atomic E-state index is 12.1. The first kappa shape index (κ1) is 17.3. The molecule has 0 unspecified atom stereocenters. The maximum Gasteiger partial charge on any atom is 0.230 e. The van der Waals surface area contributed by atoms with Crippen LogP contribution in [0, 0.1) is 0 Å². The van der Waals surface area contributed by atoms with Crippen LogP contribution in [0.3, 0.4) is 0 Å². The molecule has 134 valence electrons. The molecule has 0 saturated heterocycles. The Morgan fingerprint density at radius 3 is 2.81 bits per heavy atom. The van der Waals surface area contributed by atoms with E-state index in [9.17, 15) is 4.79 Å². The van der Waals surface area contributed by atoms with Gasteiger partial charge in [-0.2, -0.15) is 0 Å². The van der Waals surface area contributed by atoms with Crippen molar-refractivity contribution < 1.29 is 4.79 Å². The van der Waals surface area contributed by atoms with Crippen LogP contribution in [0.5, 0.6) is 0 Å². The first-order chi connectivity index (χ1) is 12.8. The van der Waals surface area contributed by atoms with Gasteiger partial charge in [0.15, 0.2) is 0 Å². The zero-order valence-electron chi connectivity index (χ0n) is 14.3. The third-order valence-corrected chi connectivity index (χ3v) is 5.94. The molecule has 0 atom stereocenters. The highest BCUT2D eigenvalue weighted by Gasteiger charge is 2.30. The lowest BCUT2D eigenvalue weighted by Crippen LogP contribution is -2.27. The highest BCUT2D eigenvalue weighted by atomic mass is 32.2. The molecular weight excluding hydrogens is 364 g/mol. The van der Waals surface area contributed by atoms with Crippen LogP contribution in [0.4, 0.5) is 0 Å². The lowest BCUT2D eigenvalue weighted by atomic mass is 10.3. The van der Waals surface area contributed by atoms with Crippen LogP contribution in [-0.2, 0) is 11.2 Å². The van der Waals surface area contributed by atoms with Gasteiger partial charge in [0.1, 0.15) is 5.82 Å². The smallest absolute Gasteiger partial charge is 0.230 e. The van der Waals surface area contributed by atoms with E-state index in [0.29, 0.717) is 23.4 Å². The summed E-state index contributed by atoms with van der Waals surface area (Å²) in [6, 6.07) is 14.2. The number of thioether (sulfide) groups is 1. The second kappa shape index (κ2) is 8.05. The van der Waals surface area contributed by atoms with Gasteiger partial charge in [-0.25, -0.2) is 9.67 Å². The van der Waals surface area contributed by atoms with Crippen LogP contribution >= 0.6 is 23.1 Å². The normalized spacial score (nSPS) is 13.7. The number of amides is 1. The second-order valence-corrected chi connectivity index (χ2v) is 8.22. The minimum atomic E-state index is 0.0237. The highest BCUT2D eigenvalue weighted by molar-refractivity contribution is 7.99. The summed E-state index contributed by atoms with van der Waals surface area (Å²) in [5, 5.41) is 10.3. The van der Waals surface area contributed by atoms with Crippen LogP contribution in [0.1, 0.15) is 29.5 Å². The maximum absolute atomic E-state index is 12.1. The van der Waals surface area contributed by atoms with E-state index in [1.54, 1.807) is 11.3 Å². The standard InChI is InChI=1S/C19H20N4OS2/c24-17(20-11-10-16-7-4-12-25-16)13-26-19-21-18(14-8-9-14)23(22-19)15-5-2-1-3-6-15/h1-7,12,14H,8-11,13H2,(H,20,24). The molecule has 7 heteroatoms. The molecule has 26 heavy (non-hydrogen) atoms. The van der Waals surface area contributed by atoms with Crippen molar-refractivity contribution in [3.8, 4) is 5.69 Å². The van der Waals surface area contributed by atoms with E-state index in [-0.39, 0.29) is 5.91 Å². The Bertz CT molecular complexity index is 857. The van der Waals surface area contributed by atoms with Gasteiger partial charge in [0.2, 0.25) is 11.1 Å². The molecule has 1 saturated carbocycles. The van der Waals surface area contributed by atoms with Gasteiger partial charge in [0.05, 0.1) is 11.4 Å². The summed E-state index contributed by atoms with van der Waals surface area (Å²) in [6.07, 6.45) is 3.21. The molecule has 1 fully saturated rings. The Balaban J connectivity index is 1.34. The predicted molar refractivity (Wildman–Crippen MR) is 105 cm³/mol. The molecule has 1 aliphatic rings. The van der Waals surface area contributed by atoms with Crippen molar-refractivity contribution in [2.24, 2.45) is 0 Å². The lowest BCUT2D eigenvalue weighted by molar-refractivity contribution is -0.118. The Kier molecular flexibility index (Phi) is 5.36. The molecular formula is C19H20N4OS2. The predicted octanol–water partition coefficient (Wildman–Crippen LogP) is 3.66. The zero-order valence-corrected chi connectivity index (χ0v) is 15.9. The van der Waals surface area contributed by atoms with Crippen LogP contribution in [0.25, 0.3) is 5.69 Å². The van der Waals surface area contributed by atoms with Gasteiger partial charge in [-0.15, -0.1) is 16.4 Å². The Hall–Kier alpha value is -2.12. The number of nitrogens with one attached hydrogen (secondary N) is 1. The van der Waals surface area contributed by atoms with Crippen LogP contribution in [-0.4, -0.2) is 33.0 Å². The van der Waals surface area contributed by atoms with E-state index in [0.717, 1.165) is 17.9 Å². The van der Waals surface area contributed by atoms with Crippen molar-refractivity contribution in [1.29, 1.82) is 0 Å². The van der Waals surface area contributed by atoms with Crippen molar-refractivity contribution in [1.82, 2.24) is 20.1 Å². The largest absolute Gasteiger partial charge is 0.355 e. The number of para-hydroxylation sites is 1. The average Bonchev–Trinajstić information content (AvgIpc) is 3.21. The molecule has 0 bridgehead atoms. The fourth-order valence-electron chi connectivity index (χ4n) is 2.69. The molecule has 2 aromatic heterocycles. The first-order valence-electron chi connectivity index (χ1n) is 8.74. The van der Waals surface area contributed by atoms with Crippen LogP contribution in [0.2, 0.25) is 0 Å². The number of hydrogen-bond acceptors (Lipinski definition) is 5. The molecule has 5 nitrogen and oxygen atoms in total. The third-order valence-electron chi connectivity index (χ3n) is 4.16. The molecule has 3 aromatic rings. The summed E-state index contributed by atoms with van der Waals surface area (Å²) >= 11 is 3.12. The van der Waals surface area contributed by atoms with E-state index < -0.39 is 0 Å². The molecule has 0 spiro atoms. The first-order valence-corrected chi connectivity index (χ1v) is 10.6. The number of carbonyl (C=O) groups excluding carboxylic acids is 1. The Labute approximate surface area is 160 Å².